The summed E-state index contributed by atoms with van der Waals surface area (Å²) in [4.78, 5) is 23.7. The van der Waals surface area contributed by atoms with Crippen LogP contribution in [0.3, 0.4) is 0 Å². The van der Waals surface area contributed by atoms with Gasteiger partial charge in [0, 0.05) is 22.6 Å². The molecule has 28 heavy (non-hydrogen) atoms. The number of nitro benzene ring substituents is 1. The van der Waals surface area contributed by atoms with E-state index in [0.717, 1.165) is 0 Å². The summed E-state index contributed by atoms with van der Waals surface area (Å²) < 4.78 is 6.28. The van der Waals surface area contributed by atoms with Crippen LogP contribution in [0.5, 0.6) is 5.75 Å². The number of hydrogen-bond donors (Lipinski definition) is 0. The highest BCUT2D eigenvalue weighted by Gasteiger charge is 2.17. The zero-order valence-corrected chi connectivity index (χ0v) is 15.8. The highest BCUT2D eigenvalue weighted by Crippen LogP contribution is 2.30. The number of methoxy groups -OCH3 is 1. The molecule has 8 nitrogen and oxygen atoms in total. The molecular weight excluding hydrogens is 380 g/mol. The largest absolute Gasteiger partial charge is 0.497 e. The molecule has 1 aromatic heterocycles. The lowest BCUT2D eigenvalue weighted by Gasteiger charge is -2.11. The first-order valence-corrected chi connectivity index (χ1v) is 8.87. The Balaban J connectivity index is 2.07. The van der Waals surface area contributed by atoms with Crippen molar-refractivity contribution in [2.24, 2.45) is 0 Å². The zero-order valence-electron chi connectivity index (χ0n) is 14.9. The van der Waals surface area contributed by atoms with Gasteiger partial charge in [0.15, 0.2) is 0 Å². The molecule has 0 aliphatic carbocycles. The van der Waals surface area contributed by atoms with E-state index in [0.29, 0.717) is 26.9 Å². The second kappa shape index (κ2) is 7.94. The van der Waals surface area contributed by atoms with Gasteiger partial charge < -0.3 is 4.74 Å². The summed E-state index contributed by atoms with van der Waals surface area (Å²) in [6.07, 6.45) is 0. The first-order valence-electron chi connectivity index (χ1n) is 8.05. The smallest absolute Gasteiger partial charge is 0.289 e. The van der Waals surface area contributed by atoms with Gasteiger partial charge in [-0.3, -0.25) is 14.9 Å². The summed E-state index contributed by atoms with van der Waals surface area (Å²) in [7, 11) is 1.54. The van der Waals surface area contributed by atoms with Crippen molar-refractivity contribution in [2.75, 3.05) is 7.11 Å². The van der Waals surface area contributed by atoms with Crippen LogP contribution in [0.25, 0.3) is 5.69 Å². The molecule has 3 aromatic rings. The number of nitriles is 1. The summed E-state index contributed by atoms with van der Waals surface area (Å²) in [5, 5.41) is 25.1. The Morgan fingerprint density at radius 1 is 1.18 bits per heavy atom. The van der Waals surface area contributed by atoms with E-state index >= 15 is 0 Å². The lowest BCUT2D eigenvalue weighted by molar-refractivity contribution is -0.384. The van der Waals surface area contributed by atoms with E-state index in [-0.39, 0.29) is 11.3 Å². The van der Waals surface area contributed by atoms with Crippen LogP contribution in [0.4, 0.5) is 5.69 Å². The zero-order chi connectivity index (χ0) is 20.3. The van der Waals surface area contributed by atoms with Crippen LogP contribution in [-0.2, 0) is 0 Å². The van der Waals surface area contributed by atoms with E-state index in [1.165, 1.54) is 35.7 Å². The van der Waals surface area contributed by atoms with Gasteiger partial charge in [-0.2, -0.15) is 15.0 Å². The fourth-order valence-electron chi connectivity index (χ4n) is 2.46. The molecule has 0 atom stereocenters. The number of nitro groups is 1. The molecule has 2 aromatic carbocycles. The average molecular weight is 394 g/mol. The van der Waals surface area contributed by atoms with Gasteiger partial charge in [-0.25, -0.2) is 0 Å². The Bertz CT molecular complexity index is 1130. The standard InChI is InChI=1S/C19H14N4O4S/c1-12-17(11-20)19(24)22(13-3-7-15(27-2)8-4-13)21-18(12)28-16-9-5-14(6-10-16)23(25)26/h3-10H,1-2H3. The van der Waals surface area contributed by atoms with E-state index < -0.39 is 10.5 Å². The number of hydrogen-bond acceptors (Lipinski definition) is 7. The van der Waals surface area contributed by atoms with E-state index in [4.69, 9.17) is 4.74 Å². The minimum atomic E-state index is -0.516. The molecule has 0 spiro atoms. The second-order valence-corrected chi connectivity index (χ2v) is 6.75. The Hall–Kier alpha value is -3.64. The van der Waals surface area contributed by atoms with Gasteiger partial charge in [0.1, 0.15) is 22.4 Å². The molecule has 0 saturated carbocycles. The lowest BCUT2D eigenvalue weighted by Crippen LogP contribution is -2.25. The highest BCUT2D eigenvalue weighted by atomic mass is 32.2. The predicted octanol–water partition coefficient (Wildman–Crippen LogP) is 3.48. The third kappa shape index (κ3) is 3.72. The molecule has 0 N–H and O–H groups in total. The normalized spacial score (nSPS) is 10.3. The van der Waals surface area contributed by atoms with Crippen LogP contribution in [0, 0.1) is 28.4 Å². The minimum Gasteiger partial charge on any atom is -0.497 e. The molecule has 0 unspecified atom stereocenters. The van der Waals surface area contributed by atoms with Gasteiger partial charge in [0.2, 0.25) is 0 Å². The molecule has 0 fully saturated rings. The fraction of sp³-hybridized carbons (Fsp3) is 0.105. The van der Waals surface area contributed by atoms with Crippen molar-refractivity contribution < 1.29 is 9.66 Å². The monoisotopic (exact) mass is 394 g/mol. The third-order valence-electron chi connectivity index (χ3n) is 3.98. The van der Waals surface area contributed by atoms with Gasteiger partial charge in [-0.05, 0) is 43.3 Å². The first kappa shape index (κ1) is 19.1. The Labute approximate surface area is 164 Å². The summed E-state index contributed by atoms with van der Waals surface area (Å²) in [6, 6.07) is 14.6. The summed E-state index contributed by atoms with van der Waals surface area (Å²) in [5.41, 5.74) is 0.414. The maximum absolute atomic E-state index is 12.7. The molecule has 0 aliphatic rings. The molecular formula is C19H14N4O4S. The quantitative estimate of drug-likeness (QED) is 0.481. The SMILES string of the molecule is COc1ccc(-n2nc(Sc3ccc([N+](=O)[O-])cc3)c(C)c(C#N)c2=O)cc1. The van der Waals surface area contributed by atoms with E-state index in [9.17, 15) is 20.2 Å². The Kier molecular flexibility index (Phi) is 5.42. The maximum atomic E-state index is 12.7. The Morgan fingerprint density at radius 3 is 2.36 bits per heavy atom. The molecule has 140 valence electrons. The van der Waals surface area contributed by atoms with Gasteiger partial charge in [0.05, 0.1) is 17.7 Å². The van der Waals surface area contributed by atoms with Crippen LogP contribution in [0.1, 0.15) is 11.1 Å². The summed E-state index contributed by atoms with van der Waals surface area (Å²) in [6.45, 7) is 1.65. The molecule has 0 aliphatic heterocycles. The minimum absolute atomic E-state index is 0.00442. The van der Waals surface area contributed by atoms with Crippen molar-refractivity contribution in [1.82, 2.24) is 9.78 Å². The van der Waals surface area contributed by atoms with Gasteiger partial charge >= 0.3 is 0 Å². The topological polar surface area (TPSA) is 111 Å². The third-order valence-corrected chi connectivity index (χ3v) is 5.07. The van der Waals surface area contributed by atoms with Crippen molar-refractivity contribution in [1.29, 1.82) is 5.26 Å². The number of rotatable bonds is 5. The van der Waals surface area contributed by atoms with Crippen LogP contribution in [0.15, 0.2) is 63.2 Å². The molecule has 1 heterocycles. The van der Waals surface area contributed by atoms with Crippen molar-refractivity contribution in [3.05, 3.63) is 80.1 Å². The van der Waals surface area contributed by atoms with Crippen LogP contribution >= 0.6 is 11.8 Å². The number of nitrogens with zero attached hydrogens (tertiary/aromatic N) is 4. The van der Waals surface area contributed by atoms with Crippen LogP contribution in [0.2, 0.25) is 0 Å². The van der Waals surface area contributed by atoms with Gasteiger partial charge in [-0.1, -0.05) is 11.8 Å². The number of non-ortho nitro benzene ring substituents is 1. The maximum Gasteiger partial charge on any atom is 0.289 e. The molecule has 3 rings (SSSR count). The number of aromatic nitrogens is 2. The second-order valence-electron chi connectivity index (χ2n) is 5.69. The van der Waals surface area contributed by atoms with Gasteiger partial charge in [-0.15, -0.1) is 0 Å². The molecule has 0 saturated heterocycles. The molecule has 0 amide bonds. The Morgan fingerprint density at radius 2 is 1.82 bits per heavy atom. The number of benzene rings is 2. The van der Waals surface area contributed by atoms with Crippen molar-refractivity contribution in [3.8, 4) is 17.5 Å². The highest BCUT2D eigenvalue weighted by molar-refractivity contribution is 7.99. The molecule has 0 bridgehead atoms. The molecule has 0 radical (unpaired) electrons. The lowest BCUT2D eigenvalue weighted by atomic mass is 10.2. The summed E-state index contributed by atoms with van der Waals surface area (Å²) in [5.74, 6) is 0.630. The molecule has 9 heteroatoms. The van der Waals surface area contributed by atoms with E-state index in [2.05, 4.69) is 5.10 Å². The predicted molar refractivity (Wildman–Crippen MR) is 103 cm³/mol. The number of ether oxygens (including phenoxy) is 1. The van der Waals surface area contributed by atoms with Crippen molar-refractivity contribution in [3.63, 3.8) is 0 Å². The average Bonchev–Trinajstić information content (AvgIpc) is 2.71. The van der Waals surface area contributed by atoms with Gasteiger partial charge in [0.25, 0.3) is 11.2 Å². The van der Waals surface area contributed by atoms with Crippen molar-refractivity contribution in [2.45, 2.75) is 16.8 Å². The fourth-order valence-corrected chi connectivity index (χ4v) is 3.33. The van der Waals surface area contributed by atoms with Crippen LogP contribution in [-0.4, -0.2) is 21.8 Å². The summed E-state index contributed by atoms with van der Waals surface area (Å²) >= 11 is 1.22. The van der Waals surface area contributed by atoms with E-state index in [1.807, 2.05) is 6.07 Å². The van der Waals surface area contributed by atoms with Crippen molar-refractivity contribution >= 4 is 17.4 Å². The van der Waals surface area contributed by atoms with Crippen LogP contribution < -0.4 is 10.3 Å². The van der Waals surface area contributed by atoms with E-state index in [1.54, 1.807) is 43.3 Å². The first-order chi connectivity index (χ1) is 13.4.